The van der Waals surface area contributed by atoms with E-state index in [1.807, 2.05) is 13.8 Å². The van der Waals surface area contributed by atoms with Gasteiger partial charge in [-0.3, -0.25) is 4.79 Å². The van der Waals surface area contributed by atoms with Gasteiger partial charge in [0.1, 0.15) is 6.61 Å². The Morgan fingerprint density at radius 1 is 1.73 bits per heavy atom. The molecule has 0 saturated carbocycles. The third-order valence-corrected chi connectivity index (χ3v) is 1.38. The summed E-state index contributed by atoms with van der Waals surface area (Å²) in [6.45, 7) is 6.16. The zero-order valence-corrected chi connectivity index (χ0v) is 7.10. The molecule has 0 spiro atoms. The van der Waals surface area contributed by atoms with E-state index in [9.17, 15) is 4.79 Å². The smallest absolute Gasteiger partial charge is 0.190 e. The maximum Gasteiger partial charge on any atom is 0.190 e. The molecule has 0 aromatic carbocycles. The largest absolute Gasteiger partial charge is 0.477 e. The quantitative estimate of drug-likeness (QED) is 0.569. The number of carbonyl (C=O) groups is 1. The van der Waals surface area contributed by atoms with Gasteiger partial charge in [0.05, 0.1) is 5.54 Å². The van der Waals surface area contributed by atoms with Gasteiger partial charge in [0.15, 0.2) is 11.7 Å². The predicted molar refractivity (Wildman–Crippen MR) is 41.9 cm³/mol. The molecular weight excluding hydrogens is 142 g/mol. The maximum atomic E-state index is 10.6. The molecule has 1 aliphatic rings. The minimum absolute atomic E-state index is 0.00481. The molecule has 3 nitrogen and oxygen atoms in total. The summed E-state index contributed by atoms with van der Waals surface area (Å²) in [5, 5.41) is 3.08. The number of allylic oxidation sites excluding steroid dienone is 1. The van der Waals surface area contributed by atoms with Crippen molar-refractivity contribution in [3.8, 4) is 0 Å². The maximum absolute atomic E-state index is 10.6. The first-order valence-electron chi connectivity index (χ1n) is 3.63. The summed E-state index contributed by atoms with van der Waals surface area (Å²) < 4.78 is 5.21. The number of ketones is 1. The first-order chi connectivity index (χ1) is 4.99. The molecule has 0 atom stereocenters. The van der Waals surface area contributed by atoms with E-state index in [0.717, 1.165) is 0 Å². The van der Waals surface area contributed by atoms with E-state index < -0.39 is 0 Å². The molecule has 1 aliphatic heterocycles. The molecule has 1 fully saturated rings. The molecule has 0 aliphatic carbocycles. The van der Waals surface area contributed by atoms with E-state index >= 15 is 0 Å². The SMILES string of the molecule is CC(=O)/C=C1/NC(C)(C)CO1. The van der Waals surface area contributed by atoms with Crippen molar-refractivity contribution in [3.63, 3.8) is 0 Å². The van der Waals surface area contributed by atoms with Crippen LogP contribution in [0.15, 0.2) is 12.0 Å². The van der Waals surface area contributed by atoms with Gasteiger partial charge in [-0.1, -0.05) is 0 Å². The van der Waals surface area contributed by atoms with Crippen LogP contribution in [0.2, 0.25) is 0 Å². The van der Waals surface area contributed by atoms with Crippen LogP contribution in [0.4, 0.5) is 0 Å². The number of hydrogen-bond donors (Lipinski definition) is 1. The Morgan fingerprint density at radius 3 is 2.73 bits per heavy atom. The van der Waals surface area contributed by atoms with Crippen molar-refractivity contribution in [3.05, 3.63) is 12.0 Å². The van der Waals surface area contributed by atoms with E-state index in [2.05, 4.69) is 5.32 Å². The van der Waals surface area contributed by atoms with Crippen molar-refractivity contribution >= 4 is 5.78 Å². The van der Waals surface area contributed by atoms with Crippen molar-refractivity contribution < 1.29 is 9.53 Å². The van der Waals surface area contributed by atoms with Gasteiger partial charge < -0.3 is 10.1 Å². The fourth-order valence-electron chi connectivity index (χ4n) is 0.926. The molecule has 0 aromatic heterocycles. The molecule has 0 amide bonds. The third kappa shape index (κ3) is 2.26. The molecule has 1 saturated heterocycles. The van der Waals surface area contributed by atoms with Crippen LogP contribution in [0.25, 0.3) is 0 Å². The van der Waals surface area contributed by atoms with Gasteiger partial charge in [-0.15, -0.1) is 0 Å². The highest BCUT2D eigenvalue weighted by molar-refractivity contribution is 5.87. The monoisotopic (exact) mass is 155 g/mol. The summed E-state index contributed by atoms with van der Waals surface area (Å²) in [7, 11) is 0. The Balaban J connectivity index is 2.61. The fourth-order valence-corrected chi connectivity index (χ4v) is 0.926. The molecule has 0 unspecified atom stereocenters. The van der Waals surface area contributed by atoms with Crippen LogP contribution in [0.3, 0.4) is 0 Å². The standard InChI is InChI=1S/C8H13NO2/c1-6(10)4-7-9-8(2,3)5-11-7/h4,9H,5H2,1-3H3/b7-4-. The Morgan fingerprint density at radius 2 is 2.36 bits per heavy atom. The van der Waals surface area contributed by atoms with Gasteiger partial charge >= 0.3 is 0 Å². The minimum Gasteiger partial charge on any atom is -0.477 e. The number of ether oxygens (including phenoxy) is 1. The average molecular weight is 155 g/mol. The van der Waals surface area contributed by atoms with Crippen molar-refractivity contribution in [2.75, 3.05) is 6.61 Å². The van der Waals surface area contributed by atoms with Crippen molar-refractivity contribution in [1.29, 1.82) is 0 Å². The normalized spacial score (nSPS) is 24.5. The molecule has 1 heterocycles. The number of carbonyl (C=O) groups excluding carboxylic acids is 1. The Kier molecular flexibility index (Phi) is 1.89. The zero-order chi connectivity index (χ0) is 8.48. The predicted octanol–water partition coefficient (Wildman–Crippen LogP) is 0.815. The van der Waals surface area contributed by atoms with Gasteiger partial charge in [-0.05, 0) is 20.8 Å². The van der Waals surface area contributed by atoms with Gasteiger partial charge in [0.25, 0.3) is 0 Å². The van der Waals surface area contributed by atoms with Crippen molar-refractivity contribution in [2.45, 2.75) is 26.3 Å². The van der Waals surface area contributed by atoms with Gasteiger partial charge in [-0.25, -0.2) is 0 Å². The molecule has 1 N–H and O–H groups in total. The van der Waals surface area contributed by atoms with Crippen LogP contribution in [-0.4, -0.2) is 17.9 Å². The average Bonchev–Trinajstić information content (AvgIpc) is 2.08. The molecule has 3 heteroatoms. The van der Waals surface area contributed by atoms with Crippen LogP contribution in [0.1, 0.15) is 20.8 Å². The first kappa shape index (κ1) is 8.11. The van der Waals surface area contributed by atoms with Crippen molar-refractivity contribution in [1.82, 2.24) is 5.32 Å². The number of hydrogen-bond acceptors (Lipinski definition) is 3. The fraction of sp³-hybridized carbons (Fsp3) is 0.625. The Bertz CT molecular complexity index is 206. The molecule has 0 radical (unpaired) electrons. The lowest BCUT2D eigenvalue weighted by molar-refractivity contribution is -0.112. The summed E-state index contributed by atoms with van der Waals surface area (Å²) >= 11 is 0. The molecule has 62 valence electrons. The molecule has 1 rings (SSSR count). The summed E-state index contributed by atoms with van der Waals surface area (Å²) in [6, 6.07) is 0. The second-order valence-electron chi connectivity index (χ2n) is 3.42. The highest BCUT2D eigenvalue weighted by Gasteiger charge is 2.26. The second kappa shape index (κ2) is 2.57. The van der Waals surface area contributed by atoms with E-state index in [0.29, 0.717) is 12.5 Å². The molecule has 0 bridgehead atoms. The van der Waals surface area contributed by atoms with E-state index in [1.54, 1.807) is 0 Å². The van der Waals surface area contributed by atoms with Crippen molar-refractivity contribution in [2.24, 2.45) is 0 Å². The Labute approximate surface area is 66.4 Å². The molecular formula is C8H13NO2. The van der Waals surface area contributed by atoms with Crippen LogP contribution in [0, 0.1) is 0 Å². The summed E-state index contributed by atoms with van der Waals surface area (Å²) in [6.07, 6.45) is 1.47. The molecule has 11 heavy (non-hydrogen) atoms. The summed E-state index contributed by atoms with van der Waals surface area (Å²) in [4.78, 5) is 10.6. The number of rotatable bonds is 1. The Hall–Kier alpha value is -0.990. The third-order valence-electron chi connectivity index (χ3n) is 1.38. The van der Waals surface area contributed by atoms with Gasteiger partial charge in [0, 0.05) is 6.08 Å². The molecule has 0 aromatic rings. The van der Waals surface area contributed by atoms with E-state index in [1.165, 1.54) is 13.0 Å². The minimum atomic E-state index is -0.0404. The van der Waals surface area contributed by atoms with Crippen LogP contribution in [-0.2, 0) is 9.53 Å². The van der Waals surface area contributed by atoms with E-state index in [-0.39, 0.29) is 11.3 Å². The lowest BCUT2D eigenvalue weighted by Gasteiger charge is -2.12. The summed E-state index contributed by atoms with van der Waals surface area (Å²) in [5.74, 6) is 0.590. The lowest BCUT2D eigenvalue weighted by atomic mass is 10.1. The van der Waals surface area contributed by atoms with Crippen LogP contribution in [0.5, 0.6) is 0 Å². The van der Waals surface area contributed by atoms with Gasteiger partial charge in [-0.2, -0.15) is 0 Å². The van der Waals surface area contributed by atoms with E-state index in [4.69, 9.17) is 4.74 Å². The summed E-state index contributed by atoms with van der Waals surface area (Å²) in [5.41, 5.74) is -0.0404. The van der Waals surface area contributed by atoms with Crippen LogP contribution < -0.4 is 5.32 Å². The number of nitrogens with one attached hydrogen (secondary N) is 1. The van der Waals surface area contributed by atoms with Crippen LogP contribution >= 0.6 is 0 Å². The first-order valence-corrected chi connectivity index (χ1v) is 3.63. The second-order valence-corrected chi connectivity index (χ2v) is 3.42. The lowest BCUT2D eigenvalue weighted by Crippen LogP contribution is -2.34. The highest BCUT2D eigenvalue weighted by atomic mass is 16.5. The zero-order valence-electron chi connectivity index (χ0n) is 7.10. The highest BCUT2D eigenvalue weighted by Crippen LogP contribution is 2.15. The van der Waals surface area contributed by atoms with Gasteiger partial charge in [0.2, 0.25) is 0 Å². The topological polar surface area (TPSA) is 38.3 Å².